The normalized spacial score (nSPS) is 11.7. The van der Waals surface area contributed by atoms with Crippen LogP contribution in [0.4, 0.5) is 13.2 Å². The number of carbonyl (C=O) groups is 2. The monoisotopic (exact) mass is 333 g/mol. The van der Waals surface area contributed by atoms with Crippen molar-refractivity contribution >= 4 is 11.9 Å². The van der Waals surface area contributed by atoms with Gasteiger partial charge in [-0.25, -0.2) is 4.79 Å². The molecule has 0 aliphatic rings. The van der Waals surface area contributed by atoms with Gasteiger partial charge < -0.3 is 20.0 Å². The average molecular weight is 333 g/mol. The number of carbonyl (C=O) groups excluding carboxylic acids is 2. The Hall–Kier alpha value is -2.35. The number of rotatable bonds is 6. The molecule has 128 valence electrons. The lowest BCUT2D eigenvalue weighted by Crippen LogP contribution is -2.89. The highest BCUT2D eigenvalue weighted by molar-refractivity contribution is 5.74. The third-order valence-corrected chi connectivity index (χ3v) is 2.58. The van der Waals surface area contributed by atoms with Crippen LogP contribution in [0.1, 0.15) is 5.56 Å². The zero-order valence-electron chi connectivity index (χ0n) is 12.5. The van der Waals surface area contributed by atoms with Crippen molar-refractivity contribution in [2.75, 3.05) is 13.7 Å². The fraction of sp³-hybridized carbons (Fsp3) is 0.333. The van der Waals surface area contributed by atoms with Gasteiger partial charge in [0.1, 0.15) is 12.6 Å². The predicted molar refractivity (Wildman–Crippen MR) is 74.0 cm³/mol. The van der Waals surface area contributed by atoms with E-state index in [1.807, 2.05) is 42.7 Å². The number of aliphatic carboxylic acids is 1. The lowest BCUT2D eigenvalue weighted by molar-refractivity contribution is -0.651. The largest absolute Gasteiger partial charge is 0.542 e. The van der Waals surface area contributed by atoms with E-state index >= 15 is 0 Å². The molecule has 0 saturated carbocycles. The molecule has 0 aliphatic heterocycles. The topological polar surface area (TPSA) is 83.0 Å². The molecule has 8 heteroatoms. The van der Waals surface area contributed by atoms with Gasteiger partial charge in [-0.1, -0.05) is 43.0 Å². The molecule has 1 atom stereocenters. The van der Waals surface area contributed by atoms with E-state index in [1.54, 1.807) is 6.08 Å². The Balaban J connectivity index is 0.000000585. The molecule has 0 radical (unpaired) electrons. The first-order valence-electron chi connectivity index (χ1n) is 6.61. The number of carboxylic acid groups (broad SMARTS) is 1. The van der Waals surface area contributed by atoms with Crippen LogP contribution in [0.25, 0.3) is 0 Å². The van der Waals surface area contributed by atoms with Gasteiger partial charge in [-0.15, -0.1) is 0 Å². The lowest BCUT2D eigenvalue weighted by atomic mass is 10.1. The maximum absolute atomic E-state index is 11.6. The second-order valence-corrected chi connectivity index (χ2v) is 4.33. The minimum Gasteiger partial charge on any atom is -0.542 e. The van der Waals surface area contributed by atoms with Crippen molar-refractivity contribution in [1.82, 2.24) is 0 Å². The Morgan fingerprint density at radius 3 is 2.26 bits per heavy atom. The van der Waals surface area contributed by atoms with Gasteiger partial charge in [0, 0.05) is 6.42 Å². The van der Waals surface area contributed by atoms with Crippen molar-refractivity contribution in [1.29, 1.82) is 0 Å². The molecule has 0 fully saturated rings. The molecular weight excluding hydrogens is 315 g/mol. The Morgan fingerprint density at radius 2 is 1.87 bits per heavy atom. The van der Waals surface area contributed by atoms with Gasteiger partial charge in [0.15, 0.2) is 6.04 Å². The maximum Gasteiger partial charge on any atom is 0.430 e. The van der Waals surface area contributed by atoms with Crippen LogP contribution in [-0.2, 0) is 20.7 Å². The molecule has 0 aliphatic carbocycles. The molecule has 0 amide bonds. The van der Waals surface area contributed by atoms with Gasteiger partial charge in [-0.3, -0.25) is 0 Å². The maximum atomic E-state index is 11.6. The van der Waals surface area contributed by atoms with Gasteiger partial charge in [-0.05, 0) is 5.56 Å². The zero-order chi connectivity index (χ0) is 17.9. The van der Waals surface area contributed by atoms with Gasteiger partial charge in [0.25, 0.3) is 0 Å². The van der Waals surface area contributed by atoms with Crippen molar-refractivity contribution in [3.05, 3.63) is 48.6 Å². The van der Waals surface area contributed by atoms with Gasteiger partial charge >= 0.3 is 12.1 Å². The summed E-state index contributed by atoms with van der Waals surface area (Å²) in [5.41, 5.74) is 1.14. The molecule has 0 unspecified atom stereocenters. The second-order valence-electron chi connectivity index (χ2n) is 4.33. The van der Waals surface area contributed by atoms with Crippen molar-refractivity contribution in [3.8, 4) is 0 Å². The summed E-state index contributed by atoms with van der Waals surface area (Å²) in [4.78, 5) is 20.4. The number of alkyl halides is 3. The minimum atomic E-state index is -5.19. The van der Waals surface area contributed by atoms with Crippen LogP contribution in [0.3, 0.4) is 0 Å². The second kappa shape index (κ2) is 10.4. The van der Waals surface area contributed by atoms with Gasteiger partial charge in [-0.2, -0.15) is 13.2 Å². The first-order valence-corrected chi connectivity index (χ1v) is 6.61. The van der Waals surface area contributed by atoms with Crippen molar-refractivity contribution in [2.24, 2.45) is 0 Å². The number of hydrogen-bond acceptors (Lipinski definition) is 4. The van der Waals surface area contributed by atoms with E-state index in [-0.39, 0.29) is 18.6 Å². The van der Waals surface area contributed by atoms with E-state index < -0.39 is 12.1 Å². The van der Waals surface area contributed by atoms with Crippen molar-refractivity contribution in [2.45, 2.75) is 18.6 Å². The molecule has 2 N–H and O–H groups in total. The first-order chi connectivity index (χ1) is 10.7. The van der Waals surface area contributed by atoms with Crippen molar-refractivity contribution in [3.63, 3.8) is 0 Å². The van der Waals surface area contributed by atoms with Crippen LogP contribution < -0.4 is 10.4 Å². The van der Waals surface area contributed by atoms with E-state index in [0.29, 0.717) is 6.42 Å². The van der Waals surface area contributed by atoms with E-state index in [9.17, 15) is 18.0 Å². The van der Waals surface area contributed by atoms with Crippen LogP contribution in [0.2, 0.25) is 0 Å². The highest BCUT2D eigenvalue weighted by atomic mass is 19.4. The number of likely N-dealkylation sites (N-methyl/N-ethyl adjacent to an activating group) is 1. The summed E-state index contributed by atoms with van der Waals surface area (Å²) in [6.07, 6.45) is -2.93. The Kier molecular flexibility index (Phi) is 9.33. The molecular formula is C15H18F3NO4. The number of ether oxygens (including phenoxy) is 1. The number of benzene rings is 1. The number of nitrogens with two attached hydrogens (primary N) is 1. The van der Waals surface area contributed by atoms with E-state index in [4.69, 9.17) is 14.6 Å². The summed E-state index contributed by atoms with van der Waals surface area (Å²) < 4.78 is 36.6. The number of carboxylic acids is 1. The number of quaternary nitrogens is 1. The third-order valence-electron chi connectivity index (χ3n) is 2.58. The summed E-state index contributed by atoms with van der Waals surface area (Å²) in [5, 5.41) is 10.7. The van der Waals surface area contributed by atoms with E-state index in [0.717, 1.165) is 5.56 Å². The molecule has 0 aromatic heterocycles. The molecule has 1 aromatic rings. The smallest absolute Gasteiger partial charge is 0.430 e. The molecule has 0 saturated heterocycles. The summed E-state index contributed by atoms with van der Waals surface area (Å²) in [7, 11) is 1.88. The highest BCUT2D eigenvalue weighted by Gasteiger charge is 2.28. The molecule has 1 aromatic carbocycles. The third kappa shape index (κ3) is 9.30. The molecule has 5 nitrogen and oxygen atoms in total. The van der Waals surface area contributed by atoms with Gasteiger partial charge in [0.05, 0.1) is 7.05 Å². The summed E-state index contributed by atoms with van der Waals surface area (Å²) >= 11 is 0. The summed E-state index contributed by atoms with van der Waals surface area (Å²) in [5.74, 6) is -3.20. The minimum absolute atomic E-state index is 0.178. The number of hydrogen-bond donors (Lipinski definition) is 1. The lowest BCUT2D eigenvalue weighted by Gasteiger charge is -2.11. The highest BCUT2D eigenvalue weighted by Crippen LogP contribution is 2.11. The summed E-state index contributed by atoms with van der Waals surface area (Å²) in [6.45, 7) is 3.79. The first kappa shape index (κ1) is 20.6. The van der Waals surface area contributed by atoms with Crippen LogP contribution in [0.5, 0.6) is 0 Å². The SMILES string of the molecule is C=CCOC(=O)[C@H](Cc1ccccc1)[NH2+]C.O=C([O-])C(F)(F)F. The average Bonchev–Trinajstić information content (AvgIpc) is 2.51. The Morgan fingerprint density at radius 1 is 1.35 bits per heavy atom. The van der Waals surface area contributed by atoms with Crippen molar-refractivity contribution < 1.29 is 37.9 Å². The Labute approximate surface area is 131 Å². The molecule has 1 rings (SSSR count). The van der Waals surface area contributed by atoms with Crippen LogP contribution >= 0.6 is 0 Å². The van der Waals surface area contributed by atoms with Crippen LogP contribution in [0.15, 0.2) is 43.0 Å². The fourth-order valence-corrected chi connectivity index (χ4v) is 1.45. The van der Waals surface area contributed by atoms with Gasteiger partial charge in [0.2, 0.25) is 0 Å². The zero-order valence-corrected chi connectivity index (χ0v) is 12.5. The molecule has 23 heavy (non-hydrogen) atoms. The Bertz CT molecular complexity index is 503. The quantitative estimate of drug-likeness (QED) is 0.578. The molecule has 0 spiro atoms. The standard InChI is InChI=1S/C13H17NO2.C2HF3O2/c1-3-9-16-13(15)12(14-2)10-11-7-5-4-6-8-11;3-2(4,5)1(6)7/h3-8,12,14H,1,9-10H2,2H3;(H,6,7)/t12-;/m0./s1. The summed E-state index contributed by atoms with van der Waals surface area (Å²) in [6, 6.07) is 9.75. The van der Waals surface area contributed by atoms with Crippen LogP contribution in [0, 0.1) is 0 Å². The molecule has 0 heterocycles. The predicted octanol–water partition coefficient (Wildman–Crippen LogP) is -0.181. The van der Waals surface area contributed by atoms with Crippen LogP contribution in [-0.4, -0.2) is 37.8 Å². The fourth-order valence-electron chi connectivity index (χ4n) is 1.45. The number of halogens is 3. The van der Waals surface area contributed by atoms with E-state index in [1.165, 1.54) is 0 Å². The van der Waals surface area contributed by atoms with E-state index in [2.05, 4.69) is 6.58 Å². The molecule has 0 bridgehead atoms. The number of esters is 1.